The summed E-state index contributed by atoms with van der Waals surface area (Å²) in [5, 5.41) is 18.2. The number of nitrogens with zero attached hydrogens (tertiary/aromatic N) is 5. The van der Waals surface area contributed by atoms with Crippen LogP contribution in [0.25, 0.3) is 5.65 Å². The highest BCUT2D eigenvalue weighted by Gasteiger charge is 2.30. The van der Waals surface area contributed by atoms with Gasteiger partial charge in [-0.1, -0.05) is 19.1 Å². The van der Waals surface area contributed by atoms with Crippen LogP contribution in [-0.4, -0.2) is 31.8 Å². The fourth-order valence-corrected chi connectivity index (χ4v) is 2.12. The molecule has 0 aliphatic heterocycles. The van der Waals surface area contributed by atoms with Crippen molar-refractivity contribution in [3.05, 3.63) is 47.5 Å². The number of benzene rings is 1. The average molecular weight is 322 g/mol. The Balaban J connectivity index is 1.65. The third-order valence-corrected chi connectivity index (χ3v) is 3.47. The molecule has 0 aliphatic carbocycles. The lowest BCUT2D eigenvalue weighted by atomic mass is 9.99. The van der Waals surface area contributed by atoms with Crippen molar-refractivity contribution < 1.29 is 13.2 Å². The Morgan fingerprint density at radius 2 is 1.87 bits per heavy atom. The van der Waals surface area contributed by atoms with E-state index in [1.165, 1.54) is 16.8 Å². The van der Waals surface area contributed by atoms with Gasteiger partial charge in [-0.05, 0) is 46.2 Å². The molecule has 3 rings (SSSR count). The van der Waals surface area contributed by atoms with Crippen LogP contribution < -0.4 is 5.32 Å². The molecule has 0 spiro atoms. The molecule has 120 valence electrons. The summed E-state index contributed by atoms with van der Waals surface area (Å²) in [6.07, 6.45) is -4.31. The molecule has 0 saturated heterocycles. The first kappa shape index (κ1) is 15.2. The summed E-state index contributed by atoms with van der Waals surface area (Å²) in [4.78, 5) is 0. The van der Waals surface area contributed by atoms with Crippen molar-refractivity contribution in [1.82, 2.24) is 25.3 Å². The van der Waals surface area contributed by atoms with Crippen molar-refractivity contribution in [2.75, 3.05) is 11.9 Å². The predicted molar refractivity (Wildman–Crippen MR) is 76.9 cm³/mol. The summed E-state index contributed by atoms with van der Waals surface area (Å²) in [7, 11) is 0. The first-order valence-electron chi connectivity index (χ1n) is 6.90. The van der Waals surface area contributed by atoms with Crippen molar-refractivity contribution in [3.63, 3.8) is 0 Å². The minimum Gasteiger partial charge on any atom is -0.368 e. The number of alkyl halides is 3. The number of anilines is 1. The van der Waals surface area contributed by atoms with Gasteiger partial charge in [0.2, 0.25) is 0 Å². The van der Waals surface area contributed by atoms with E-state index in [4.69, 9.17) is 0 Å². The summed E-state index contributed by atoms with van der Waals surface area (Å²) < 4.78 is 39.0. The van der Waals surface area contributed by atoms with Crippen molar-refractivity contribution >= 4 is 11.5 Å². The number of hydrogen-bond donors (Lipinski definition) is 1. The monoisotopic (exact) mass is 322 g/mol. The maximum Gasteiger partial charge on any atom is 0.416 e. The van der Waals surface area contributed by atoms with Crippen molar-refractivity contribution in [1.29, 1.82) is 0 Å². The molecule has 0 aliphatic rings. The van der Waals surface area contributed by atoms with Crippen LogP contribution in [0.4, 0.5) is 19.0 Å². The molecule has 1 unspecified atom stereocenters. The zero-order valence-electron chi connectivity index (χ0n) is 12.1. The Kier molecular flexibility index (Phi) is 3.85. The number of hydrogen-bond acceptors (Lipinski definition) is 5. The lowest BCUT2D eigenvalue weighted by Gasteiger charge is -2.14. The smallest absolute Gasteiger partial charge is 0.368 e. The van der Waals surface area contributed by atoms with Crippen LogP contribution in [0.1, 0.15) is 24.0 Å². The second-order valence-electron chi connectivity index (χ2n) is 5.15. The zero-order chi connectivity index (χ0) is 16.4. The fourth-order valence-electron chi connectivity index (χ4n) is 2.12. The van der Waals surface area contributed by atoms with E-state index in [-0.39, 0.29) is 5.92 Å². The van der Waals surface area contributed by atoms with Gasteiger partial charge >= 0.3 is 6.18 Å². The van der Waals surface area contributed by atoms with E-state index < -0.39 is 11.7 Å². The molecule has 0 bridgehead atoms. The molecule has 6 nitrogen and oxygen atoms in total. The van der Waals surface area contributed by atoms with Crippen LogP contribution in [0.3, 0.4) is 0 Å². The van der Waals surface area contributed by atoms with Crippen LogP contribution in [-0.2, 0) is 6.18 Å². The fraction of sp³-hybridized carbons (Fsp3) is 0.286. The van der Waals surface area contributed by atoms with Gasteiger partial charge in [-0.25, -0.2) is 0 Å². The maximum atomic E-state index is 12.6. The molecule has 1 N–H and O–H groups in total. The number of fused-ring (bicyclic) bond motifs is 1. The Bertz CT molecular complexity index is 796. The average Bonchev–Trinajstić information content (AvgIpc) is 2.99. The number of nitrogens with one attached hydrogen (secondary N) is 1. The first-order chi connectivity index (χ1) is 10.9. The zero-order valence-corrected chi connectivity index (χ0v) is 12.1. The summed E-state index contributed by atoms with van der Waals surface area (Å²) in [6.45, 7) is 2.44. The highest BCUT2D eigenvalue weighted by atomic mass is 19.4. The maximum absolute atomic E-state index is 12.6. The second-order valence-corrected chi connectivity index (χ2v) is 5.15. The van der Waals surface area contributed by atoms with E-state index in [0.717, 1.165) is 17.7 Å². The molecule has 1 aromatic carbocycles. The van der Waals surface area contributed by atoms with Crippen LogP contribution in [0.5, 0.6) is 0 Å². The Morgan fingerprint density at radius 3 is 2.57 bits per heavy atom. The number of aromatic nitrogens is 5. The quantitative estimate of drug-likeness (QED) is 0.800. The Hall–Kier alpha value is -2.71. The molecule has 23 heavy (non-hydrogen) atoms. The van der Waals surface area contributed by atoms with E-state index in [1.54, 1.807) is 12.1 Å². The van der Waals surface area contributed by atoms with Gasteiger partial charge in [0.15, 0.2) is 5.65 Å². The number of tetrazole rings is 1. The first-order valence-corrected chi connectivity index (χ1v) is 6.90. The minimum absolute atomic E-state index is 0.0173. The molecular formula is C14H13F3N6. The molecule has 9 heteroatoms. The van der Waals surface area contributed by atoms with E-state index in [1.807, 2.05) is 6.92 Å². The molecule has 0 saturated carbocycles. The van der Waals surface area contributed by atoms with Gasteiger partial charge in [-0.3, -0.25) is 0 Å². The summed E-state index contributed by atoms with van der Waals surface area (Å²) in [6, 6.07) is 8.64. The summed E-state index contributed by atoms with van der Waals surface area (Å²) in [5.41, 5.74) is 0.701. The topological polar surface area (TPSA) is 68.0 Å². The number of halogens is 3. The van der Waals surface area contributed by atoms with Gasteiger partial charge in [0.25, 0.3) is 0 Å². The Labute approximate surface area is 129 Å². The van der Waals surface area contributed by atoms with Crippen LogP contribution in [0.2, 0.25) is 0 Å². The van der Waals surface area contributed by atoms with E-state index in [9.17, 15) is 13.2 Å². The van der Waals surface area contributed by atoms with Crippen LogP contribution in [0.15, 0.2) is 36.4 Å². The van der Waals surface area contributed by atoms with Gasteiger partial charge in [0, 0.05) is 6.54 Å². The van der Waals surface area contributed by atoms with Gasteiger partial charge in [0.05, 0.1) is 5.56 Å². The third kappa shape index (κ3) is 3.38. The van der Waals surface area contributed by atoms with E-state index >= 15 is 0 Å². The Morgan fingerprint density at radius 1 is 1.13 bits per heavy atom. The molecule has 0 amide bonds. The predicted octanol–water partition coefficient (Wildman–Crippen LogP) is 2.75. The minimum atomic E-state index is -4.31. The van der Waals surface area contributed by atoms with Gasteiger partial charge < -0.3 is 5.32 Å². The van der Waals surface area contributed by atoms with Gasteiger partial charge in [-0.2, -0.15) is 13.2 Å². The molecule has 2 heterocycles. The van der Waals surface area contributed by atoms with E-state index in [2.05, 4.69) is 25.9 Å². The summed E-state index contributed by atoms with van der Waals surface area (Å²) >= 11 is 0. The molecule has 0 fully saturated rings. The standard InChI is InChI=1S/C14H13F3N6/c1-9(10-2-4-11(5-3-10)14(15,16)17)8-18-12-6-7-13-19-21-22-23(13)20-12/h2-7,9H,8H2,1H3,(H,18,20). The lowest BCUT2D eigenvalue weighted by Crippen LogP contribution is -2.12. The third-order valence-electron chi connectivity index (χ3n) is 3.47. The number of rotatable bonds is 4. The molecular weight excluding hydrogens is 309 g/mol. The summed E-state index contributed by atoms with van der Waals surface area (Å²) in [5.74, 6) is 0.604. The molecule has 3 aromatic rings. The largest absolute Gasteiger partial charge is 0.416 e. The van der Waals surface area contributed by atoms with Gasteiger partial charge in [-0.15, -0.1) is 14.8 Å². The normalized spacial score (nSPS) is 13.2. The van der Waals surface area contributed by atoms with Crippen molar-refractivity contribution in [2.24, 2.45) is 0 Å². The molecule has 1 atom stereocenters. The highest BCUT2D eigenvalue weighted by Crippen LogP contribution is 2.30. The second kappa shape index (κ2) is 5.82. The highest BCUT2D eigenvalue weighted by molar-refractivity contribution is 5.42. The molecule has 2 aromatic heterocycles. The van der Waals surface area contributed by atoms with Gasteiger partial charge in [0.1, 0.15) is 5.82 Å². The van der Waals surface area contributed by atoms with Crippen LogP contribution in [0, 0.1) is 0 Å². The lowest BCUT2D eigenvalue weighted by molar-refractivity contribution is -0.137. The van der Waals surface area contributed by atoms with Crippen molar-refractivity contribution in [2.45, 2.75) is 19.0 Å². The SMILES string of the molecule is CC(CNc1ccc2nnnn2n1)c1ccc(C(F)(F)F)cc1. The van der Waals surface area contributed by atoms with E-state index in [0.29, 0.717) is 18.0 Å². The molecule has 0 radical (unpaired) electrons. The van der Waals surface area contributed by atoms with Crippen LogP contribution >= 0.6 is 0 Å². The van der Waals surface area contributed by atoms with Crippen molar-refractivity contribution in [3.8, 4) is 0 Å².